The number of halogens is 4. The molecule has 5 aromatic carbocycles. The van der Waals surface area contributed by atoms with E-state index >= 15 is 0 Å². The summed E-state index contributed by atoms with van der Waals surface area (Å²) in [5.74, 6) is 2.53. The Morgan fingerprint density at radius 1 is 0.691 bits per heavy atom. The minimum absolute atomic E-state index is 0.00413. The molecule has 0 fully saturated rings. The first kappa shape index (κ1) is 44.0. The third-order valence-electron chi connectivity index (χ3n) is 8.07. The molecule has 0 bridgehead atoms. The van der Waals surface area contributed by atoms with Gasteiger partial charge in [0.05, 0.1) is 35.5 Å². The molecule has 0 saturated heterocycles. The van der Waals surface area contributed by atoms with Gasteiger partial charge in [-0.15, -0.1) is 0 Å². The van der Waals surface area contributed by atoms with Gasteiger partial charge in [-0.25, -0.2) is 18.4 Å². The molecule has 0 atom stereocenters. The number of phenols is 1. The SMILES string of the molecule is CC(C)c1cc(Oc2c(Br)cc(C(=O)Cc3ccc(S(N)(=O)=O)cc3)cc2Br)ccc1O.COc1ccc(Oc2c(Br)cc(C(=O)O)cc2Br)cc1C(C)C. The van der Waals surface area contributed by atoms with E-state index < -0.39 is 16.0 Å². The number of ketones is 1. The summed E-state index contributed by atoms with van der Waals surface area (Å²) in [5.41, 5.74) is 3.11. The number of nitrogens with two attached hydrogens (primary N) is 1. The first-order valence-electron chi connectivity index (χ1n) is 16.5. The number of carboxylic acid groups (broad SMARTS) is 1. The molecule has 0 unspecified atom stereocenters. The van der Waals surface area contributed by atoms with Gasteiger partial charge in [0.1, 0.15) is 23.0 Å². The van der Waals surface area contributed by atoms with Gasteiger partial charge in [-0.2, -0.15) is 0 Å². The molecule has 290 valence electrons. The smallest absolute Gasteiger partial charge is 0.335 e. The zero-order valence-corrected chi connectivity index (χ0v) is 37.4. The van der Waals surface area contributed by atoms with Gasteiger partial charge in [0, 0.05) is 23.1 Å². The molecule has 0 radical (unpaired) electrons. The summed E-state index contributed by atoms with van der Waals surface area (Å²) in [6.45, 7) is 8.12. The number of hydrogen-bond acceptors (Lipinski definition) is 8. The van der Waals surface area contributed by atoms with Crippen LogP contribution in [0.25, 0.3) is 0 Å². The first-order valence-corrected chi connectivity index (χ1v) is 21.2. The molecule has 4 N–H and O–H groups in total. The summed E-state index contributed by atoms with van der Waals surface area (Å²) in [7, 11) is -2.14. The van der Waals surface area contributed by atoms with Crippen molar-refractivity contribution >= 4 is 85.5 Å². The van der Waals surface area contributed by atoms with Crippen LogP contribution in [0.5, 0.6) is 34.5 Å². The Labute approximate surface area is 353 Å². The molecule has 5 aromatic rings. The van der Waals surface area contributed by atoms with Crippen LogP contribution in [0, 0.1) is 0 Å². The van der Waals surface area contributed by atoms with E-state index in [-0.39, 0.29) is 40.2 Å². The van der Waals surface area contributed by atoms with Crippen molar-refractivity contribution in [3.63, 3.8) is 0 Å². The largest absolute Gasteiger partial charge is 0.508 e. The van der Waals surface area contributed by atoms with Gasteiger partial charge < -0.3 is 24.4 Å². The second kappa shape index (κ2) is 18.9. The predicted molar refractivity (Wildman–Crippen MR) is 226 cm³/mol. The summed E-state index contributed by atoms with van der Waals surface area (Å²) in [4.78, 5) is 23.8. The number of sulfonamides is 1. The molecule has 10 nitrogen and oxygen atoms in total. The maximum atomic E-state index is 12.8. The number of carbonyl (C=O) groups excluding carboxylic acids is 1. The van der Waals surface area contributed by atoms with Crippen LogP contribution in [0.4, 0.5) is 0 Å². The fraction of sp³-hybridized carbons (Fsp3) is 0.200. The van der Waals surface area contributed by atoms with E-state index in [1.807, 2.05) is 32.0 Å². The van der Waals surface area contributed by atoms with E-state index in [4.69, 9.17) is 24.5 Å². The molecule has 0 aliphatic heterocycles. The van der Waals surface area contributed by atoms with Crippen molar-refractivity contribution in [2.45, 2.75) is 50.8 Å². The molecule has 15 heteroatoms. The Balaban J connectivity index is 0.000000258. The quantitative estimate of drug-likeness (QED) is 0.103. The van der Waals surface area contributed by atoms with Crippen LogP contribution in [0.3, 0.4) is 0 Å². The third kappa shape index (κ3) is 11.6. The molecule has 0 saturated carbocycles. The topological polar surface area (TPSA) is 162 Å². The number of rotatable bonds is 12. The van der Waals surface area contributed by atoms with Crippen molar-refractivity contribution in [2.24, 2.45) is 5.14 Å². The van der Waals surface area contributed by atoms with Crippen molar-refractivity contribution in [1.29, 1.82) is 0 Å². The molecule has 0 spiro atoms. The van der Waals surface area contributed by atoms with Gasteiger partial charge in [-0.1, -0.05) is 39.8 Å². The molecule has 0 amide bonds. The Kier molecular flexibility index (Phi) is 15.1. The summed E-state index contributed by atoms with van der Waals surface area (Å²) in [6, 6.07) is 22.9. The molecule has 0 heterocycles. The fourth-order valence-corrected chi connectivity index (χ4v) is 8.42. The third-order valence-corrected chi connectivity index (χ3v) is 11.4. The second-order valence-electron chi connectivity index (χ2n) is 12.8. The number of carboxylic acids is 1. The van der Waals surface area contributed by atoms with E-state index in [0.717, 1.165) is 16.9 Å². The van der Waals surface area contributed by atoms with Crippen LogP contribution >= 0.6 is 63.7 Å². The van der Waals surface area contributed by atoms with Crippen LogP contribution < -0.4 is 19.3 Å². The second-order valence-corrected chi connectivity index (χ2v) is 17.7. The number of carbonyl (C=O) groups is 2. The van der Waals surface area contributed by atoms with E-state index in [1.165, 1.54) is 24.3 Å². The highest BCUT2D eigenvalue weighted by Gasteiger charge is 2.18. The van der Waals surface area contributed by atoms with Crippen LogP contribution in [0.15, 0.2) is 108 Å². The Morgan fingerprint density at radius 2 is 1.15 bits per heavy atom. The number of benzene rings is 5. The first-order chi connectivity index (χ1) is 25.8. The predicted octanol–water partition coefficient (Wildman–Crippen LogP) is 11.7. The fourth-order valence-electron chi connectivity index (χ4n) is 5.21. The average Bonchev–Trinajstić information content (AvgIpc) is 3.11. The number of phenolic OH excluding ortho intramolecular Hbond substituents is 1. The van der Waals surface area contributed by atoms with Gasteiger partial charge in [-0.05, 0) is 154 Å². The maximum absolute atomic E-state index is 12.8. The Bertz CT molecular complexity index is 2280. The lowest BCUT2D eigenvalue weighted by Gasteiger charge is -2.15. The number of methoxy groups -OCH3 is 1. The van der Waals surface area contributed by atoms with E-state index in [2.05, 4.69) is 77.6 Å². The number of Topliss-reactive ketones (excluding diaryl/α,β-unsaturated/α-hetero) is 1. The maximum Gasteiger partial charge on any atom is 0.335 e. The number of primary sulfonamides is 1. The van der Waals surface area contributed by atoms with Gasteiger partial charge in [0.15, 0.2) is 17.3 Å². The minimum Gasteiger partial charge on any atom is -0.508 e. The monoisotopic (exact) mass is 1020 g/mol. The van der Waals surface area contributed by atoms with E-state index in [9.17, 15) is 23.1 Å². The Hall–Kier alpha value is -3.73. The highest BCUT2D eigenvalue weighted by atomic mass is 79.9. The lowest BCUT2D eigenvalue weighted by Crippen LogP contribution is -2.12. The molecule has 0 aromatic heterocycles. The summed E-state index contributed by atoms with van der Waals surface area (Å²) in [6.07, 6.45) is 0.0969. The van der Waals surface area contributed by atoms with Gasteiger partial charge >= 0.3 is 5.97 Å². The molecular weight excluding hydrogens is 990 g/mol. The zero-order valence-electron chi connectivity index (χ0n) is 30.2. The van der Waals surface area contributed by atoms with Crippen molar-refractivity contribution in [3.05, 3.63) is 131 Å². The lowest BCUT2D eigenvalue weighted by molar-refractivity contribution is 0.0696. The van der Waals surface area contributed by atoms with Crippen LogP contribution in [-0.2, 0) is 16.4 Å². The number of aromatic carboxylic acids is 1. The summed E-state index contributed by atoms with van der Waals surface area (Å²) in [5, 5.41) is 24.2. The van der Waals surface area contributed by atoms with Crippen LogP contribution in [0.2, 0.25) is 0 Å². The van der Waals surface area contributed by atoms with Crippen molar-refractivity contribution in [3.8, 4) is 34.5 Å². The highest BCUT2D eigenvalue weighted by molar-refractivity contribution is 9.11. The highest BCUT2D eigenvalue weighted by Crippen LogP contribution is 2.41. The lowest BCUT2D eigenvalue weighted by atomic mass is 10.0. The molecule has 55 heavy (non-hydrogen) atoms. The van der Waals surface area contributed by atoms with Crippen molar-refractivity contribution in [1.82, 2.24) is 0 Å². The zero-order chi connectivity index (χ0) is 40.8. The number of ether oxygens (including phenoxy) is 3. The Morgan fingerprint density at radius 3 is 1.58 bits per heavy atom. The van der Waals surface area contributed by atoms with Gasteiger partial charge in [-0.3, -0.25) is 4.79 Å². The number of hydrogen-bond donors (Lipinski definition) is 3. The summed E-state index contributed by atoms with van der Waals surface area (Å²) < 4.78 is 42.3. The van der Waals surface area contributed by atoms with Gasteiger partial charge in [0.25, 0.3) is 0 Å². The minimum atomic E-state index is -3.78. The van der Waals surface area contributed by atoms with Crippen LogP contribution in [0.1, 0.15) is 76.9 Å². The van der Waals surface area contributed by atoms with Gasteiger partial charge in [0.2, 0.25) is 10.0 Å². The van der Waals surface area contributed by atoms with E-state index in [1.54, 1.807) is 49.6 Å². The molecule has 0 aliphatic rings. The average molecular weight is 1030 g/mol. The number of aromatic hydroxyl groups is 1. The molecular formula is C40H37Br4NO9S. The van der Waals surface area contributed by atoms with Crippen LogP contribution in [-0.4, -0.2) is 37.5 Å². The standard InChI is InChI=1S/C23H21Br2NO5S.C17H16Br2O4/c1-13(2)18-12-16(5-8-21(18)27)31-23-19(24)10-15(11-20(23)25)22(28)9-14-3-6-17(7-4-14)32(26,29)30;1-9(2)12-8-11(4-5-15(12)22-3)23-16-13(18)6-10(17(20)21)7-14(16)19/h3-8,10-13,27H,9H2,1-2H3,(H2,26,29,30);4-9H,1-3H3,(H,20,21). The normalized spacial score (nSPS) is 11.2. The van der Waals surface area contributed by atoms with Crippen molar-refractivity contribution in [2.75, 3.05) is 7.11 Å². The molecule has 5 rings (SSSR count). The molecule has 0 aliphatic carbocycles. The van der Waals surface area contributed by atoms with E-state index in [0.29, 0.717) is 52.0 Å². The summed E-state index contributed by atoms with van der Waals surface area (Å²) >= 11 is 13.6. The van der Waals surface area contributed by atoms with Crippen molar-refractivity contribution < 1.29 is 42.4 Å².